The molecule has 13 nitrogen and oxygen atoms in total. The summed E-state index contributed by atoms with van der Waals surface area (Å²) in [5, 5.41) is 9.45. The summed E-state index contributed by atoms with van der Waals surface area (Å²) in [4.78, 5) is 41.0. The minimum Gasteiger partial charge on any atom is -0.497 e. The van der Waals surface area contributed by atoms with Crippen LogP contribution in [0.4, 0.5) is 0 Å². The molecule has 3 rings (SSSR count). The molecule has 3 N–H and O–H groups in total. The summed E-state index contributed by atoms with van der Waals surface area (Å²) >= 11 is 0. The number of ether oxygens (including phenoxy) is 3. The molecule has 14 heteroatoms. The first-order chi connectivity index (χ1) is 32.8. The molecule has 0 unspecified atom stereocenters. The quantitative estimate of drug-likeness (QED) is 0.0378. The number of hydrogen-bond donors (Lipinski definition) is 3. The molecule has 68 heavy (non-hydrogen) atoms. The molecule has 0 saturated heterocycles. The zero-order valence-electron chi connectivity index (χ0n) is 42.6. The molecule has 0 radical (unpaired) electrons. The van der Waals surface area contributed by atoms with Gasteiger partial charge in [-0.15, -0.1) is 0 Å². The molecule has 380 valence electrons. The second-order valence-electron chi connectivity index (χ2n) is 17.8. The number of carbonyl (C=O) groups excluding carboxylic acids is 3. The van der Waals surface area contributed by atoms with Gasteiger partial charge in [-0.1, -0.05) is 134 Å². The van der Waals surface area contributed by atoms with Crippen LogP contribution in [0.2, 0.25) is 0 Å². The summed E-state index contributed by atoms with van der Waals surface area (Å²) < 4.78 is 52.3. The third-order valence-electron chi connectivity index (χ3n) is 12.1. The second-order valence-corrected chi connectivity index (χ2v) is 19.4. The predicted molar refractivity (Wildman–Crippen MR) is 271 cm³/mol. The molecule has 0 aliphatic rings. The first-order valence-corrected chi connectivity index (χ1v) is 26.7. The maximum Gasteiger partial charge on any atom is 0.475 e. The van der Waals surface area contributed by atoms with Crippen molar-refractivity contribution in [2.24, 2.45) is 0 Å². The number of unbranched alkanes of at least 4 members (excludes halogenated alkanes) is 12. The Morgan fingerprint density at radius 1 is 0.441 bits per heavy atom. The van der Waals surface area contributed by atoms with E-state index in [2.05, 4.69) is 36.7 Å². The number of phosphoric acid groups is 1. The summed E-state index contributed by atoms with van der Waals surface area (Å²) in [5.41, 5.74) is 1.97. The average molecular weight is 966 g/mol. The molecule has 0 saturated carbocycles. The summed E-state index contributed by atoms with van der Waals surface area (Å²) in [6.45, 7) is 11.6. The van der Waals surface area contributed by atoms with Crippen molar-refractivity contribution in [3.8, 4) is 17.2 Å². The van der Waals surface area contributed by atoms with E-state index >= 15 is 4.57 Å². The average Bonchev–Trinajstić information content (AvgIpc) is 3.33. The molecule has 0 heterocycles. The Balaban J connectivity index is 2.11. The minimum atomic E-state index is -4.75. The van der Waals surface area contributed by atoms with Crippen molar-refractivity contribution in [1.82, 2.24) is 16.0 Å². The number of benzene rings is 3. The van der Waals surface area contributed by atoms with Crippen molar-refractivity contribution in [1.29, 1.82) is 0 Å². The van der Waals surface area contributed by atoms with E-state index in [4.69, 9.17) is 27.8 Å². The highest BCUT2D eigenvalue weighted by atomic mass is 31.2. The minimum absolute atomic E-state index is 0.186. The molecule has 0 bridgehead atoms. The van der Waals surface area contributed by atoms with E-state index < -0.39 is 44.3 Å². The van der Waals surface area contributed by atoms with Crippen LogP contribution < -0.4 is 30.2 Å². The first kappa shape index (κ1) is 57.9. The van der Waals surface area contributed by atoms with Gasteiger partial charge >= 0.3 is 7.82 Å². The number of rotatable bonds is 36. The van der Waals surface area contributed by atoms with Gasteiger partial charge in [-0.3, -0.25) is 28.0 Å². The van der Waals surface area contributed by atoms with Crippen molar-refractivity contribution >= 4 is 25.5 Å². The first-order valence-electron chi connectivity index (χ1n) is 25.2. The Hall–Kier alpha value is -4.42. The van der Waals surface area contributed by atoms with Gasteiger partial charge in [-0.25, -0.2) is 4.57 Å². The van der Waals surface area contributed by atoms with Crippen LogP contribution in [0.3, 0.4) is 0 Å². The Morgan fingerprint density at radius 3 is 0.956 bits per heavy atom. The Kier molecular flexibility index (Phi) is 27.6. The number of hydrogen-bond acceptors (Lipinski definition) is 10. The number of nitrogens with one attached hydrogen (secondary N) is 3. The fourth-order valence-corrected chi connectivity index (χ4v) is 9.93. The summed E-state index contributed by atoms with van der Waals surface area (Å²) in [6.07, 6.45) is 12.6. The zero-order valence-corrected chi connectivity index (χ0v) is 43.5. The van der Waals surface area contributed by atoms with Crippen molar-refractivity contribution in [2.45, 2.75) is 194 Å². The van der Waals surface area contributed by atoms with E-state index in [1.54, 1.807) is 78.5 Å². The molecule has 0 fully saturated rings. The van der Waals surface area contributed by atoms with Gasteiger partial charge in [-0.2, -0.15) is 0 Å². The highest BCUT2D eigenvalue weighted by Gasteiger charge is 2.41. The van der Waals surface area contributed by atoms with E-state index in [-0.39, 0.29) is 17.7 Å². The smallest absolute Gasteiger partial charge is 0.475 e. The molecule has 0 aliphatic heterocycles. The highest BCUT2D eigenvalue weighted by Crippen LogP contribution is 2.56. The fraction of sp³-hybridized carbons (Fsp3) is 0.611. The number of amides is 3. The van der Waals surface area contributed by atoms with Crippen LogP contribution in [0.25, 0.3) is 0 Å². The summed E-state index contributed by atoms with van der Waals surface area (Å²) in [5.74, 6) is 1.14. The Bertz CT molecular complexity index is 1750. The van der Waals surface area contributed by atoms with E-state index in [0.717, 1.165) is 96.3 Å². The molecule has 6 atom stereocenters. The van der Waals surface area contributed by atoms with E-state index in [9.17, 15) is 14.4 Å². The fourth-order valence-electron chi connectivity index (χ4n) is 8.19. The predicted octanol–water partition coefficient (Wildman–Crippen LogP) is 13.0. The van der Waals surface area contributed by atoms with Crippen molar-refractivity contribution in [3.05, 3.63) is 89.5 Å². The summed E-state index contributed by atoms with van der Waals surface area (Å²) in [7, 11) is -0.0513. The van der Waals surface area contributed by atoms with Gasteiger partial charge in [0, 0.05) is 19.3 Å². The van der Waals surface area contributed by atoms with Gasteiger partial charge in [0.2, 0.25) is 17.7 Å². The third kappa shape index (κ3) is 21.1. The van der Waals surface area contributed by atoms with E-state index in [1.165, 1.54) is 0 Å². The van der Waals surface area contributed by atoms with Crippen molar-refractivity contribution < 1.29 is 46.7 Å². The van der Waals surface area contributed by atoms with Crippen LogP contribution in [0.1, 0.15) is 192 Å². The molecule has 0 spiro atoms. The van der Waals surface area contributed by atoms with Gasteiger partial charge in [0.1, 0.15) is 17.2 Å². The normalized spacial score (nSPS) is 14.2. The highest BCUT2D eigenvalue weighted by molar-refractivity contribution is 7.48. The number of phosphoric ester groups is 1. The number of methoxy groups -OCH3 is 3. The summed E-state index contributed by atoms with van der Waals surface area (Å²) in [6, 6.07) is 19.4. The number of carbonyl (C=O) groups is 3. The van der Waals surface area contributed by atoms with Gasteiger partial charge in [0.05, 0.1) is 57.8 Å². The third-order valence-corrected chi connectivity index (χ3v) is 13.9. The second kappa shape index (κ2) is 32.4. The van der Waals surface area contributed by atoms with Gasteiger partial charge in [0.25, 0.3) is 0 Å². The standard InChI is InChI=1S/C54H84N3O10P/c1-10-13-16-19-22-34-49(58)55-52(43-28-25-31-46(37-43)62-7)40(4)65-68(61,66-41(5)53(44-29-26-32-47(38-44)63-8)56-50(59)35-23-20-17-14-11-2)67-42(6)54(45-30-27-33-48(39-45)64-9)57-51(60)36-24-21-18-15-12-3/h25-33,37-42,52-54H,10-24,34-36H2,1-9H3,(H,55,58)(H,56,59)(H,57,60)/t40-,41-,42-,52+,53+,54+/m1/s1. The van der Waals surface area contributed by atoms with Gasteiger partial charge in [-0.05, 0) is 93.1 Å². The van der Waals surface area contributed by atoms with E-state index in [0.29, 0.717) is 53.2 Å². The van der Waals surface area contributed by atoms with Crippen LogP contribution in [0.15, 0.2) is 72.8 Å². The molecular weight excluding hydrogens is 882 g/mol. The molecule has 0 aromatic heterocycles. The maximum absolute atomic E-state index is 15.8. The van der Waals surface area contributed by atoms with Crippen LogP contribution in [0.5, 0.6) is 17.2 Å². The molecule has 3 amide bonds. The molecular formula is C54H84N3O10P. The molecule has 0 aliphatic carbocycles. The van der Waals surface area contributed by atoms with Crippen molar-refractivity contribution in [3.63, 3.8) is 0 Å². The van der Waals surface area contributed by atoms with E-state index in [1.807, 2.05) is 36.4 Å². The molecule has 3 aromatic rings. The Labute approximate surface area is 408 Å². The van der Waals surface area contributed by atoms with Gasteiger partial charge < -0.3 is 30.2 Å². The monoisotopic (exact) mass is 966 g/mol. The van der Waals surface area contributed by atoms with Crippen LogP contribution in [-0.2, 0) is 32.5 Å². The largest absolute Gasteiger partial charge is 0.497 e. The zero-order chi connectivity index (χ0) is 49.7. The SMILES string of the molecule is CCCCCCCC(=O)N[C@H](c1cccc(OC)c1)[C@@H](C)OP(=O)(O[C@H](C)[C@H](NC(=O)CCCCCCC)c1cccc(OC)c1)O[C@H](C)[C@H](NC(=O)CCCCCCC)c1cccc(OC)c1. The van der Waals surface area contributed by atoms with Crippen LogP contribution in [0, 0.1) is 0 Å². The lowest BCUT2D eigenvalue weighted by Crippen LogP contribution is -2.39. The van der Waals surface area contributed by atoms with Crippen molar-refractivity contribution in [2.75, 3.05) is 21.3 Å². The maximum atomic E-state index is 15.8. The lowest BCUT2D eigenvalue weighted by atomic mass is 10.0. The molecule has 3 aromatic carbocycles. The van der Waals surface area contributed by atoms with Crippen LogP contribution >= 0.6 is 7.82 Å². The van der Waals surface area contributed by atoms with Crippen LogP contribution in [-0.4, -0.2) is 57.4 Å². The topological polar surface area (TPSA) is 160 Å². The lowest BCUT2D eigenvalue weighted by Gasteiger charge is -2.35. The van der Waals surface area contributed by atoms with Gasteiger partial charge in [0.15, 0.2) is 0 Å². The Morgan fingerprint density at radius 2 is 0.706 bits per heavy atom. The lowest BCUT2D eigenvalue weighted by molar-refractivity contribution is -0.123.